The lowest BCUT2D eigenvalue weighted by molar-refractivity contribution is 0.166. The fourth-order valence-corrected chi connectivity index (χ4v) is 4.18. The summed E-state index contributed by atoms with van der Waals surface area (Å²) >= 11 is 0. The fourth-order valence-electron chi connectivity index (χ4n) is 4.18. The van der Waals surface area contributed by atoms with Crippen molar-refractivity contribution in [3.8, 4) is 11.5 Å². The van der Waals surface area contributed by atoms with Crippen LogP contribution in [0.3, 0.4) is 0 Å². The van der Waals surface area contributed by atoms with Gasteiger partial charge in [-0.05, 0) is 62.9 Å². The Hall–Kier alpha value is -1.72. The maximum Gasteiger partial charge on any atom is 0.257 e. The van der Waals surface area contributed by atoms with Crippen LogP contribution in [0.4, 0.5) is 0 Å². The van der Waals surface area contributed by atoms with Gasteiger partial charge in [-0.15, -0.1) is 0 Å². The average molecular weight is 340 g/mol. The van der Waals surface area contributed by atoms with Crippen LogP contribution in [-0.2, 0) is 13.0 Å². The predicted octanol–water partition coefficient (Wildman–Crippen LogP) is 3.41. The van der Waals surface area contributed by atoms with Gasteiger partial charge in [0.25, 0.3) is 5.89 Å². The zero-order valence-electron chi connectivity index (χ0n) is 15.1. The molecule has 0 spiro atoms. The summed E-state index contributed by atoms with van der Waals surface area (Å²) in [6, 6.07) is 9.92. The minimum Gasteiger partial charge on any atom is -0.334 e. The lowest BCUT2D eigenvalue weighted by atomic mass is 9.97. The average Bonchev–Trinajstić information content (AvgIpc) is 3.29. The molecule has 2 saturated heterocycles. The third kappa shape index (κ3) is 3.93. The van der Waals surface area contributed by atoms with E-state index in [2.05, 4.69) is 45.5 Å². The predicted molar refractivity (Wildman–Crippen MR) is 98.2 cm³/mol. The molecule has 2 atom stereocenters. The van der Waals surface area contributed by atoms with Gasteiger partial charge in [-0.1, -0.05) is 24.2 Å². The van der Waals surface area contributed by atoms with Crippen LogP contribution >= 0.6 is 0 Å². The van der Waals surface area contributed by atoms with E-state index in [0.29, 0.717) is 11.9 Å². The van der Waals surface area contributed by atoms with Crippen LogP contribution < -0.4 is 5.32 Å². The molecule has 1 aromatic heterocycles. The second kappa shape index (κ2) is 7.67. The van der Waals surface area contributed by atoms with Crippen molar-refractivity contribution in [3.05, 3.63) is 35.7 Å². The summed E-state index contributed by atoms with van der Waals surface area (Å²) in [4.78, 5) is 7.16. The minimum atomic E-state index is 0.629. The van der Waals surface area contributed by atoms with Gasteiger partial charge in [-0.25, -0.2) is 0 Å². The van der Waals surface area contributed by atoms with Crippen LogP contribution in [0.25, 0.3) is 11.5 Å². The largest absolute Gasteiger partial charge is 0.334 e. The number of fused-ring (bicyclic) bond motifs is 1. The molecular formula is C20H28N4O. The standard InChI is InChI=1S/C20H28N4O/c1-2-5-19-22-20(25-23-19)16-7-3-6-15(12-16)14-21-17-9-11-24-10-4-8-18(24)13-17/h3,6-7,12,17-18,21H,2,4-5,8-11,13-14H2,1H3. The summed E-state index contributed by atoms with van der Waals surface area (Å²) in [7, 11) is 0. The van der Waals surface area contributed by atoms with Crippen LogP contribution in [-0.4, -0.2) is 40.2 Å². The summed E-state index contributed by atoms with van der Waals surface area (Å²) in [5, 5.41) is 7.82. The van der Waals surface area contributed by atoms with E-state index < -0.39 is 0 Å². The first-order chi connectivity index (χ1) is 12.3. The van der Waals surface area contributed by atoms with E-state index in [-0.39, 0.29) is 0 Å². The SMILES string of the molecule is CCCc1noc(-c2cccc(CNC3CCN4CCCC4C3)c2)n1. The Morgan fingerprint density at radius 2 is 2.24 bits per heavy atom. The molecule has 25 heavy (non-hydrogen) atoms. The molecule has 5 heteroatoms. The molecule has 0 amide bonds. The van der Waals surface area contributed by atoms with Gasteiger partial charge in [-0.2, -0.15) is 4.98 Å². The molecule has 2 fully saturated rings. The Morgan fingerprint density at radius 1 is 1.28 bits per heavy atom. The Morgan fingerprint density at radius 3 is 3.16 bits per heavy atom. The third-order valence-corrected chi connectivity index (χ3v) is 5.53. The normalized spacial score (nSPS) is 23.7. The van der Waals surface area contributed by atoms with Crippen molar-refractivity contribution in [2.75, 3.05) is 13.1 Å². The number of hydrogen-bond acceptors (Lipinski definition) is 5. The number of benzene rings is 1. The second-order valence-corrected chi connectivity index (χ2v) is 7.40. The first kappa shape index (κ1) is 16.7. The number of aryl methyl sites for hydroxylation is 1. The number of nitrogens with one attached hydrogen (secondary N) is 1. The van der Waals surface area contributed by atoms with Crippen molar-refractivity contribution >= 4 is 0 Å². The number of hydrogen-bond donors (Lipinski definition) is 1. The quantitative estimate of drug-likeness (QED) is 0.873. The molecule has 0 saturated carbocycles. The van der Waals surface area contributed by atoms with E-state index in [4.69, 9.17) is 4.52 Å². The monoisotopic (exact) mass is 340 g/mol. The molecule has 2 aliphatic heterocycles. The van der Waals surface area contributed by atoms with Crippen molar-refractivity contribution in [2.45, 2.75) is 64.1 Å². The maximum atomic E-state index is 5.41. The molecule has 3 heterocycles. The van der Waals surface area contributed by atoms with E-state index >= 15 is 0 Å². The molecule has 4 rings (SSSR count). The zero-order chi connectivity index (χ0) is 17.1. The first-order valence-corrected chi connectivity index (χ1v) is 9.71. The van der Waals surface area contributed by atoms with E-state index in [1.165, 1.54) is 44.3 Å². The highest BCUT2D eigenvalue weighted by molar-refractivity contribution is 5.54. The second-order valence-electron chi connectivity index (χ2n) is 7.40. The van der Waals surface area contributed by atoms with Gasteiger partial charge in [0, 0.05) is 30.6 Å². The van der Waals surface area contributed by atoms with Crippen molar-refractivity contribution in [3.63, 3.8) is 0 Å². The Bertz CT molecular complexity index is 699. The summed E-state index contributed by atoms with van der Waals surface area (Å²) < 4.78 is 5.41. The van der Waals surface area contributed by atoms with E-state index in [1.54, 1.807) is 0 Å². The molecule has 1 N–H and O–H groups in total. The Balaban J connectivity index is 1.36. The topological polar surface area (TPSA) is 54.2 Å². The van der Waals surface area contributed by atoms with Crippen LogP contribution in [0.15, 0.2) is 28.8 Å². The Labute approximate surface area is 149 Å². The van der Waals surface area contributed by atoms with Gasteiger partial charge in [0.15, 0.2) is 5.82 Å². The van der Waals surface area contributed by atoms with Crippen LogP contribution in [0.2, 0.25) is 0 Å². The molecule has 2 aliphatic rings. The Kier molecular flexibility index (Phi) is 5.13. The van der Waals surface area contributed by atoms with Crippen molar-refractivity contribution in [1.82, 2.24) is 20.4 Å². The van der Waals surface area contributed by atoms with Crippen molar-refractivity contribution in [1.29, 1.82) is 0 Å². The number of nitrogens with zero attached hydrogens (tertiary/aromatic N) is 3. The highest BCUT2D eigenvalue weighted by atomic mass is 16.5. The first-order valence-electron chi connectivity index (χ1n) is 9.71. The molecule has 1 aromatic carbocycles. The molecule has 134 valence electrons. The lowest BCUT2D eigenvalue weighted by Gasteiger charge is -2.35. The highest BCUT2D eigenvalue weighted by Crippen LogP contribution is 2.27. The van der Waals surface area contributed by atoms with Crippen molar-refractivity contribution in [2.24, 2.45) is 0 Å². The molecule has 0 aliphatic carbocycles. The van der Waals surface area contributed by atoms with Gasteiger partial charge >= 0.3 is 0 Å². The third-order valence-electron chi connectivity index (χ3n) is 5.53. The van der Waals surface area contributed by atoms with Crippen molar-refractivity contribution < 1.29 is 4.52 Å². The van der Waals surface area contributed by atoms with Gasteiger partial charge in [0.05, 0.1) is 0 Å². The number of aromatic nitrogens is 2. The van der Waals surface area contributed by atoms with Gasteiger partial charge in [0.2, 0.25) is 0 Å². The van der Waals surface area contributed by atoms with Gasteiger partial charge in [-0.3, -0.25) is 0 Å². The number of piperidine rings is 1. The smallest absolute Gasteiger partial charge is 0.257 e. The summed E-state index contributed by atoms with van der Waals surface area (Å²) in [6.45, 7) is 5.59. The summed E-state index contributed by atoms with van der Waals surface area (Å²) in [5.41, 5.74) is 2.29. The van der Waals surface area contributed by atoms with E-state index in [9.17, 15) is 0 Å². The molecule has 5 nitrogen and oxygen atoms in total. The van der Waals surface area contributed by atoms with Crippen LogP contribution in [0.1, 0.15) is 50.4 Å². The number of rotatable bonds is 6. The molecule has 0 bridgehead atoms. The molecule has 2 unspecified atom stereocenters. The summed E-state index contributed by atoms with van der Waals surface area (Å²) in [6.07, 6.45) is 7.21. The van der Waals surface area contributed by atoms with Gasteiger partial charge in [0.1, 0.15) is 0 Å². The molecule has 0 radical (unpaired) electrons. The zero-order valence-corrected chi connectivity index (χ0v) is 15.1. The van der Waals surface area contributed by atoms with Gasteiger partial charge < -0.3 is 14.7 Å². The molecular weight excluding hydrogens is 312 g/mol. The fraction of sp³-hybridized carbons (Fsp3) is 0.600. The van der Waals surface area contributed by atoms with E-state index in [0.717, 1.165) is 36.8 Å². The minimum absolute atomic E-state index is 0.629. The van der Waals surface area contributed by atoms with Crippen LogP contribution in [0.5, 0.6) is 0 Å². The van der Waals surface area contributed by atoms with E-state index in [1.807, 2.05) is 6.07 Å². The maximum absolute atomic E-state index is 5.41. The van der Waals surface area contributed by atoms with Crippen LogP contribution in [0, 0.1) is 0 Å². The highest BCUT2D eigenvalue weighted by Gasteiger charge is 2.31. The summed E-state index contributed by atoms with van der Waals surface area (Å²) in [5.74, 6) is 1.42. The molecule has 2 aromatic rings. The lowest BCUT2D eigenvalue weighted by Crippen LogP contribution is -2.45.